The Morgan fingerprint density at radius 2 is 1.79 bits per heavy atom. The van der Waals surface area contributed by atoms with E-state index < -0.39 is 0 Å². The fourth-order valence-corrected chi connectivity index (χ4v) is 5.20. The summed E-state index contributed by atoms with van der Waals surface area (Å²) in [5.74, 6) is 2.45. The number of halogens is 1. The molecule has 2 N–H and O–H groups in total. The third-order valence-electron chi connectivity index (χ3n) is 6.69. The molecule has 3 aliphatic heterocycles. The smallest absolute Gasteiger partial charge is 0.231 e. The number of nitrogens with zero attached hydrogens (tertiary/aromatic N) is 1. The van der Waals surface area contributed by atoms with Gasteiger partial charge in [0.1, 0.15) is 11.6 Å². The number of ether oxygens (including phenoxy) is 3. The summed E-state index contributed by atoms with van der Waals surface area (Å²) in [7, 11) is 0. The van der Waals surface area contributed by atoms with Gasteiger partial charge in [-0.05, 0) is 53.9 Å². The van der Waals surface area contributed by atoms with Gasteiger partial charge >= 0.3 is 0 Å². The minimum atomic E-state index is -0.218. The van der Waals surface area contributed by atoms with E-state index in [1.165, 1.54) is 11.6 Å². The average molecular weight is 448 g/mol. The summed E-state index contributed by atoms with van der Waals surface area (Å²) in [6.07, 6.45) is 0. The van der Waals surface area contributed by atoms with E-state index in [4.69, 9.17) is 14.2 Å². The molecule has 3 aromatic rings. The van der Waals surface area contributed by atoms with Crippen molar-refractivity contribution in [3.05, 3.63) is 83.2 Å². The van der Waals surface area contributed by atoms with Gasteiger partial charge in [-0.2, -0.15) is 0 Å². The molecule has 0 radical (unpaired) electrons. The van der Waals surface area contributed by atoms with E-state index in [-0.39, 0.29) is 30.6 Å². The maximum atomic E-state index is 13.9. The topological polar surface area (TPSA) is 55.0 Å². The van der Waals surface area contributed by atoms with Crippen LogP contribution in [0.3, 0.4) is 0 Å². The van der Waals surface area contributed by atoms with Crippen LogP contribution in [0.25, 0.3) is 0 Å². The van der Waals surface area contributed by atoms with E-state index in [0.717, 1.165) is 40.6 Å². The summed E-state index contributed by atoms with van der Waals surface area (Å²) in [5, 5.41) is 0. The van der Waals surface area contributed by atoms with Gasteiger partial charge in [-0.25, -0.2) is 15.2 Å². The largest absolute Gasteiger partial charge is 0.494 e. The maximum absolute atomic E-state index is 13.9. The number of hydrogen-bond acceptors (Lipinski definition) is 6. The van der Waals surface area contributed by atoms with Crippen LogP contribution in [0.15, 0.2) is 60.7 Å². The van der Waals surface area contributed by atoms with Crippen molar-refractivity contribution in [2.75, 3.05) is 24.8 Å². The molecule has 0 saturated carbocycles. The lowest BCUT2D eigenvalue weighted by Crippen LogP contribution is -2.39. The Kier molecular flexibility index (Phi) is 5.08. The lowest BCUT2D eigenvalue weighted by Gasteiger charge is -2.39. The van der Waals surface area contributed by atoms with E-state index >= 15 is 0 Å². The molecule has 0 bridgehead atoms. The third kappa shape index (κ3) is 3.67. The average Bonchev–Trinajstić information content (AvgIpc) is 3.45. The van der Waals surface area contributed by atoms with Crippen molar-refractivity contribution >= 4 is 5.69 Å². The van der Waals surface area contributed by atoms with Crippen LogP contribution in [0.4, 0.5) is 10.1 Å². The number of hydrazine groups is 1. The summed E-state index contributed by atoms with van der Waals surface area (Å²) in [6, 6.07) is 19.5. The standard InChI is InChI=1S/C26H26FN3O3/c1-2-31-19-8-6-17(7-9-19)25-21-14-30(13-16-4-3-5-18(27)10-16)22-12-24-23(32-15-33-24)11-20(22)26(21)29-28-25/h3-12,21,25-26,28-29H,2,13-15H2,1H3. The number of hydrogen-bond donors (Lipinski definition) is 2. The number of rotatable bonds is 5. The highest BCUT2D eigenvalue weighted by atomic mass is 19.1. The van der Waals surface area contributed by atoms with Crippen LogP contribution < -0.4 is 30.0 Å². The van der Waals surface area contributed by atoms with E-state index in [1.54, 1.807) is 12.1 Å². The van der Waals surface area contributed by atoms with Crippen LogP contribution in [0.1, 0.15) is 35.7 Å². The third-order valence-corrected chi connectivity index (χ3v) is 6.69. The first-order valence-corrected chi connectivity index (χ1v) is 11.4. The van der Waals surface area contributed by atoms with Crippen molar-refractivity contribution < 1.29 is 18.6 Å². The zero-order valence-corrected chi connectivity index (χ0v) is 18.4. The van der Waals surface area contributed by atoms with Crippen molar-refractivity contribution in [2.24, 2.45) is 5.92 Å². The quantitative estimate of drug-likeness (QED) is 0.602. The number of anilines is 1. The van der Waals surface area contributed by atoms with Crippen molar-refractivity contribution in [3.8, 4) is 17.2 Å². The van der Waals surface area contributed by atoms with Crippen LogP contribution in [0, 0.1) is 11.7 Å². The minimum Gasteiger partial charge on any atom is -0.494 e. The SMILES string of the molecule is CCOc1ccc(C2NNC3c4cc5c(cc4N(Cc4cccc(F)c4)CC23)OCO5)cc1. The number of fused-ring (bicyclic) bond motifs is 4. The highest BCUT2D eigenvalue weighted by Gasteiger charge is 2.44. The molecule has 1 fully saturated rings. The first kappa shape index (κ1) is 20.3. The predicted octanol–water partition coefficient (Wildman–Crippen LogP) is 4.48. The van der Waals surface area contributed by atoms with Gasteiger partial charge in [0.05, 0.1) is 18.7 Å². The summed E-state index contributed by atoms with van der Waals surface area (Å²) in [4.78, 5) is 2.32. The molecule has 0 aromatic heterocycles. The van der Waals surface area contributed by atoms with Gasteiger partial charge in [0.25, 0.3) is 0 Å². The maximum Gasteiger partial charge on any atom is 0.231 e. The van der Waals surface area contributed by atoms with Gasteiger partial charge in [-0.3, -0.25) is 0 Å². The molecule has 1 saturated heterocycles. The fourth-order valence-electron chi connectivity index (χ4n) is 5.20. The van der Waals surface area contributed by atoms with Crippen LogP contribution >= 0.6 is 0 Å². The molecular weight excluding hydrogens is 421 g/mol. The molecule has 3 unspecified atom stereocenters. The molecule has 3 aromatic carbocycles. The second-order valence-corrected chi connectivity index (χ2v) is 8.68. The zero-order chi connectivity index (χ0) is 22.4. The highest BCUT2D eigenvalue weighted by molar-refractivity contribution is 5.66. The first-order valence-electron chi connectivity index (χ1n) is 11.4. The Bertz CT molecular complexity index is 1170. The van der Waals surface area contributed by atoms with Crippen molar-refractivity contribution in [2.45, 2.75) is 25.6 Å². The lowest BCUT2D eigenvalue weighted by molar-refractivity contribution is 0.174. The molecule has 6 nitrogen and oxygen atoms in total. The molecule has 0 aliphatic carbocycles. The molecule has 6 rings (SSSR count). The Labute approximate surface area is 192 Å². The molecule has 0 amide bonds. The molecule has 3 atom stereocenters. The Morgan fingerprint density at radius 1 is 1.00 bits per heavy atom. The van der Waals surface area contributed by atoms with E-state index in [0.29, 0.717) is 13.2 Å². The first-order chi connectivity index (χ1) is 16.2. The summed E-state index contributed by atoms with van der Waals surface area (Å²) >= 11 is 0. The predicted molar refractivity (Wildman–Crippen MR) is 123 cm³/mol. The molecule has 7 heteroatoms. The molecule has 33 heavy (non-hydrogen) atoms. The van der Waals surface area contributed by atoms with Crippen molar-refractivity contribution in [1.82, 2.24) is 10.9 Å². The summed E-state index contributed by atoms with van der Waals surface area (Å²) < 4.78 is 30.8. The van der Waals surface area contributed by atoms with Gasteiger partial charge < -0.3 is 19.1 Å². The van der Waals surface area contributed by atoms with Crippen molar-refractivity contribution in [3.63, 3.8) is 0 Å². The zero-order valence-electron chi connectivity index (χ0n) is 18.4. The Morgan fingerprint density at radius 3 is 2.58 bits per heavy atom. The Balaban J connectivity index is 1.36. The van der Waals surface area contributed by atoms with Gasteiger partial charge in [-0.1, -0.05) is 24.3 Å². The monoisotopic (exact) mass is 447 g/mol. The summed E-state index contributed by atoms with van der Waals surface area (Å²) in [6.45, 7) is 4.29. The van der Waals surface area contributed by atoms with E-state index in [1.807, 2.05) is 25.1 Å². The summed E-state index contributed by atoms with van der Waals surface area (Å²) in [5.41, 5.74) is 11.4. The second-order valence-electron chi connectivity index (χ2n) is 8.68. The van der Waals surface area contributed by atoms with Crippen LogP contribution in [-0.4, -0.2) is 19.9 Å². The van der Waals surface area contributed by atoms with Crippen LogP contribution in [-0.2, 0) is 6.54 Å². The highest BCUT2D eigenvalue weighted by Crippen LogP contribution is 2.49. The van der Waals surface area contributed by atoms with Gasteiger partial charge in [0, 0.05) is 30.8 Å². The van der Waals surface area contributed by atoms with Gasteiger partial charge in [0.2, 0.25) is 6.79 Å². The number of benzene rings is 3. The van der Waals surface area contributed by atoms with E-state index in [9.17, 15) is 4.39 Å². The van der Waals surface area contributed by atoms with Crippen LogP contribution in [0.5, 0.6) is 17.2 Å². The second kappa shape index (κ2) is 8.24. The normalized spacial score (nSPS) is 22.7. The van der Waals surface area contributed by atoms with Gasteiger partial charge in [0.15, 0.2) is 11.5 Å². The fraction of sp³-hybridized carbons (Fsp3) is 0.308. The molecule has 170 valence electrons. The molecular formula is C26H26FN3O3. The van der Waals surface area contributed by atoms with Gasteiger partial charge in [-0.15, -0.1) is 0 Å². The van der Waals surface area contributed by atoms with E-state index in [2.05, 4.69) is 40.0 Å². The number of nitrogens with one attached hydrogen (secondary N) is 2. The molecule has 3 aliphatic rings. The van der Waals surface area contributed by atoms with Crippen molar-refractivity contribution in [1.29, 1.82) is 0 Å². The Hall–Kier alpha value is -3.29. The molecule has 0 spiro atoms. The molecule has 3 heterocycles. The lowest BCUT2D eigenvalue weighted by atomic mass is 9.81. The minimum absolute atomic E-state index is 0.120. The van der Waals surface area contributed by atoms with Crippen LogP contribution in [0.2, 0.25) is 0 Å².